The first-order valence-corrected chi connectivity index (χ1v) is 8.52. The van der Waals surface area contributed by atoms with Crippen LogP contribution in [0.25, 0.3) is 0 Å². The summed E-state index contributed by atoms with van der Waals surface area (Å²) in [5.41, 5.74) is 0.0547. The fourth-order valence-electron chi connectivity index (χ4n) is 2.70. The molecule has 0 fully saturated rings. The number of benzene rings is 1. The lowest BCUT2D eigenvalue weighted by Crippen LogP contribution is -2.19. The van der Waals surface area contributed by atoms with Gasteiger partial charge >= 0.3 is 0 Å². The number of Topliss-reactive ketones (excluding diaryl/α,β-unsaturated/α-hetero) is 2. The van der Waals surface area contributed by atoms with Crippen molar-refractivity contribution in [1.29, 1.82) is 0 Å². The van der Waals surface area contributed by atoms with Crippen molar-refractivity contribution in [3.8, 4) is 17.4 Å². The third-order valence-electron chi connectivity index (χ3n) is 4.22. The summed E-state index contributed by atoms with van der Waals surface area (Å²) in [7, 11) is 4.46. The highest BCUT2D eigenvalue weighted by Crippen LogP contribution is 2.28. The van der Waals surface area contributed by atoms with E-state index in [1.807, 2.05) is 6.92 Å². The molecule has 0 aliphatic rings. The molecule has 2 aromatic rings. The third-order valence-corrected chi connectivity index (χ3v) is 4.22. The average molecular weight is 373 g/mol. The summed E-state index contributed by atoms with van der Waals surface area (Å²) in [6.07, 6.45) is 1.41. The molecule has 0 radical (unpaired) electrons. The van der Waals surface area contributed by atoms with E-state index in [-0.39, 0.29) is 30.0 Å². The molecule has 0 aliphatic carbocycles. The molecule has 27 heavy (non-hydrogen) atoms. The molecule has 7 nitrogen and oxygen atoms in total. The minimum Gasteiger partial charge on any atom is -0.493 e. The highest BCUT2D eigenvalue weighted by atomic mass is 16.5. The normalized spacial score (nSPS) is 10.4. The van der Waals surface area contributed by atoms with Crippen LogP contribution in [0.3, 0.4) is 0 Å². The molecule has 1 aromatic heterocycles. The molecule has 0 N–H and O–H groups in total. The van der Waals surface area contributed by atoms with Gasteiger partial charge in [-0.2, -0.15) is 0 Å². The van der Waals surface area contributed by atoms with Gasteiger partial charge in [0.1, 0.15) is 0 Å². The summed E-state index contributed by atoms with van der Waals surface area (Å²) < 4.78 is 17.1. The number of carbonyl (C=O) groups excluding carboxylic acids is 2. The molecule has 1 heterocycles. The van der Waals surface area contributed by atoms with Gasteiger partial charge in [0, 0.05) is 37.2 Å². The molecule has 7 heteroatoms. The van der Waals surface area contributed by atoms with Crippen LogP contribution >= 0.6 is 0 Å². The van der Waals surface area contributed by atoms with Gasteiger partial charge in [0.2, 0.25) is 0 Å². The summed E-state index contributed by atoms with van der Waals surface area (Å²) >= 11 is 0. The Kier molecular flexibility index (Phi) is 6.76. The lowest BCUT2D eigenvalue weighted by atomic mass is 10.0. The van der Waals surface area contributed by atoms with Gasteiger partial charge in [0.25, 0.3) is 0 Å². The summed E-state index contributed by atoms with van der Waals surface area (Å²) in [6, 6.07) is 6.11. The van der Waals surface area contributed by atoms with Crippen LogP contribution in [0.4, 0.5) is 0 Å². The topological polar surface area (TPSA) is 83.8 Å². The lowest BCUT2D eigenvalue weighted by molar-refractivity contribution is 0.0916. The number of aryl methyl sites for hydroxylation is 1. The second-order valence-electron chi connectivity index (χ2n) is 5.80. The van der Waals surface area contributed by atoms with E-state index in [1.54, 1.807) is 22.8 Å². The molecule has 0 amide bonds. The first kappa shape index (κ1) is 20.2. The molecule has 0 unspecified atom stereocenters. The maximum Gasteiger partial charge on any atom is 0.197 e. The number of ketones is 2. The SMILES string of the molecule is CCn1cc(C(=O)CCC(=O)c2ccc(OC)c(OC)c2)c(=O)cc1OC. The average Bonchev–Trinajstić information content (AvgIpc) is 2.70. The van der Waals surface area contributed by atoms with Crippen molar-refractivity contribution in [2.75, 3.05) is 21.3 Å². The van der Waals surface area contributed by atoms with Crippen molar-refractivity contribution in [1.82, 2.24) is 4.57 Å². The van der Waals surface area contributed by atoms with E-state index < -0.39 is 5.43 Å². The van der Waals surface area contributed by atoms with Crippen LogP contribution < -0.4 is 19.6 Å². The number of hydrogen-bond acceptors (Lipinski definition) is 6. The van der Waals surface area contributed by atoms with Crippen LogP contribution in [0.5, 0.6) is 17.4 Å². The zero-order valence-corrected chi connectivity index (χ0v) is 15.9. The highest BCUT2D eigenvalue weighted by molar-refractivity contribution is 6.02. The standard InChI is InChI=1S/C20H23NO6/c1-5-21-12-14(17(24)11-20(21)27-4)16(23)8-7-15(22)13-6-9-18(25-2)19(10-13)26-3/h6,9-12H,5,7-8H2,1-4H3. The number of hydrogen-bond donors (Lipinski definition) is 0. The zero-order chi connectivity index (χ0) is 20.0. The van der Waals surface area contributed by atoms with Crippen LogP contribution in [0.2, 0.25) is 0 Å². The number of rotatable bonds is 9. The Balaban J connectivity index is 2.14. The van der Waals surface area contributed by atoms with Crippen molar-refractivity contribution >= 4 is 11.6 Å². The van der Waals surface area contributed by atoms with Crippen molar-refractivity contribution in [2.24, 2.45) is 0 Å². The van der Waals surface area contributed by atoms with E-state index in [0.717, 1.165) is 0 Å². The first-order valence-electron chi connectivity index (χ1n) is 8.52. The predicted molar refractivity (Wildman–Crippen MR) is 100 cm³/mol. The van der Waals surface area contributed by atoms with E-state index in [2.05, 4.69) is 0 Å². The van der Waals surface area contributed by atoms with E-state index >= 15 is 0 Å². The maximum atomic E-state index is 12.4. The Morgan fingerprint density at radius 3 is 2.19 bits per heavy atom. The molecule has 144 valence electrons. The minimum absolute atomic E-state index is 0.00803. The van der Waals surface area contributed by atoms with E-state index in [1.165, 1.54) is 33.6 Å². The number of nitrogens with zero attached hydrogens (tertiary/aromatic N) is 1. The van der Waals surface area contributed by atoms with Crippen molar-refractivity contribution in [3.63, 3.8) is 0 Å². The largest absolute Gasteiger partial charge is 0.493 e. The van der Waals surface area contributed by atoms with E-state index in [0.29, 0.717) is 29.5 Å². The van der Waals surface area contributed by atoms with Gasteiger partial charge in [-0.3, -0.25) is 14.4 Å². The van der Waals surface area contributed by atoms with Gasteiger partial charge in [-0.15, -0.1) is 0 Å². The molecule has 0 atom stereocenters. The maximum absolute atomic E-state index is 12.4. The van der Waals surface area contributed by atoms with Gasteiger partial charge in [0.05, 0.1) is 26.9 Å². The Morgan fingerprint density at radius 2 is 1.59 bits per heavy atom. The molecule has 0 spiro atoms. The van der Waals surface area contributed by atoms with Gasteiger partial charge in [0.15, 0.2) is 34.4 Å². The Bertz CT molecular complexity index is 900. The number of carbonyl (C=O) groups is 2. The van der Waals surface area contributed by atoms with Crippen LogP contribution in [0.15, 0.2) is 35.3 Å². The van der Waals surface area contributed by atoms with Gasteiger partial charge in [-0.05, 0) is 25.1 Å². The molecule has 0 aliphatic heterocycles. The summed E-state index contributed by atoms with van der Waals surface area (Å²) in [4.78, 5) is 37.0. The highest BCUT2D eigenvalue weighted by Gasteiger charge is 2.17. The third kappa shape index (κ3) is 4.55. The fraction of sp³-hybridized carbons (Fsp3) is 0.350. The van der Waals surface area contributed by atoms with E-state index in [4.69, 9.17) is 14.2 Å². The van der Waals surface area contributed by atoms with Crippen molar-refractivity contribution in [2.45, 2.75) is 26.3 Å². The summed E-state index contributed by atoms with van der Waals surface area (Å²) in [6.45, 7) is 2.43. The fourth-order valence-corrected chi connectivity index (χ4v) is 2.70. The van der Waals surface area contributed by atoms with Crippen molar-refractivity contribution in [3.05, 3.63) is 51.8 Å². The zero-order valence-electron chi connectivity index (χ0n) is 15.9. The second-order valence-corrected chi connectivity index (χ2v) is 5.80. The monoisotopic (exact) mass is 373 g/mol. The Hall–Kier alpha value is -3.09. The molecular weight excluding hydrogens is 350 g/mol. The van der Waals surface area contributed by atoms with Crippen LogP contribution in [0, 0.1) is 0 Å². The Labute approximate surface area is 157 Å². The second kappa shape index (κ2) is 9.02. The molecule has 0 saturated heterocycles. The van der Waals surface area contributed by atoms with E-state index in [9.17, 15) is 14.4 Å². The smallest absolute Gasteiger partial charge is 0.197 e. The first-order chi connectivity index (χ1) is 12.9. The van der Waals surface area contributed by atoms with Crippen molar-refractivity contribution < 1.29 is 23.8 Å². The minimum atomic E-state index is -0.417. The number of methoxy groups -OCH3 is 3. The number of pyridine rings is 1. The summed E-state index contributed by atoms with van der Waals surface area (Å²) in [5.74, 6) is 0.756. The van der Waals surface area contributed by atoms with Crippen LogP contribution in [0.1, 0.15) is 40.5 Å². The predicted octanol–water partition coefficient (Wildman–Crippen LogP) is 2.74. The summed E-state index contributed by atoms with van der Waals surface area (Å²) in [5, 5.41) is 0. The quantitative estimate of drug-likeness (QED) is 0.629. The number of ether oxygens (including phenoxy) is 3. The van der Waals surface area contributed by atoms with Gasteiger partial charge in [-0.1, -0.05) is 0 Å². The Morgan fingerprint density at radius 1 is 0.926 bits per heavy atom. The van der Waals surface area contributed by atoms with Crippen LogP contribution in [-0.2, 0) is 6.54 Å². The van der Waals surface area contributed by atoms with Crippen LogP contribution in [-0.4, -0.2) is 37.5 Å². The number of aromatic nitrogens is 1. The molecule has 0 bridgehead atoms. The molecule has 0 saturated carbocycles. The van der Waals surface area contributed by atoms with Gasteiger partial charge < -0.3 is 18.8 Å². The molecule has 1 aromatic carbocycles. The van der Waals surface area contributed by atoms with Gasteiger partial charge in [-0.25, -0.2) is 0 Å². The molecule has 2 rings (SSSR count). The molecular formula is C20H23NO6. The lowest BCUT2D eigenvalue weighted by Gasteiger charge is -2.11.